The molecule has 0 saturated heterocycles. The lowest BCUT2D eigenvalue weighted by molar-refractivity contribution is -0.146. The Kier molecular flexibility index (Phi) is 4.44. The van der Waals surface area contributed by atoms with E-state index < -0.39 is 11.8 Å². The van der Waals surface area contributed by atoms with Gasteiger partial charge >= 0.3 is 5.97 Å². The van der Waals surface area contributed by atoms with Gasteiger partial charge in [-0.1, -0.05) is 11.6 Å². The highest BCUT2D eigenvalue weighted by Crippen LogP contribution is 2.27. The van der Waals surface area contributed by atoms with Gasteiger partial charge in [0.15, 0.2) is 6.61 Å². The molecule has 0 spiro atoms. The molecule has 0 unspecified atom stereocenters. The molecule has 5 nitrogen and oxygen atoms in total. The van der Waals surface area contributed by atoms with Crippen LogP contribution in [0.25, 0.3) is 0 Å². The summed E-state index contributed by atoms with van der Waals surface area (Å²) in [6.45, 7) is -0.250. The van der Waals surface area contributed by atoms with Gasteiger partial charge in [0, 0.05) is 6.04 Å². The number of carboxylic acids is 1. The van der Waals surface area contributed by atoms with Crippen molar-refractivity contribution in [2.45, 2.75) is 18.9 Å². The van der Waals surface area contributed by atoms with E-state index in [1.54, 1.807) is 0 Å². The van der Waals surface area contributed by atoms with E-state index in [-0.39, 0.29) is 35.2 Å². The number of hydrogen-bond acceptors (Lipinski definition) is 3. The molecule has 0 atom stereocenters. The fraction of sp³-hybridized carbons (Fsp3) is 0.385. The Hall–Kier alpha value is -1.82. The highest BCUT2D eigenvalue weighted by Gasteiger charge is 2.35. The molecule has 2 N–H and O–H groups in total. The first-order valence-electron chi connectivity index (χ1n) is 6.05. The SMILES string of the molecule is O=C(COc1ccc(F)cc1Cl)NC1CC(C(=O)O)C1. The molecule has 7 heteroatoms. The van der Waals surface area contributed by atoms with Gasteiger partial charge in [0.2, 0.25) is 0 Å². The van der Waals surface area contributed by atoms with E-state index in [9.17, 15) is 14.0 Å². The molecule has 20 heavy (non-hydrogen) atoms. The number of carbonyl (C=O) groups excluding carboxylic acids is 1. The Morgan fingerprint density at radius 3 is 2.75 bits per heavy atom. The van der Waals surface area contributed by atoms with Gasteiger partial charge in [-0.3, -0.25) is 9.59 Å². The van der Waals surface area contributed by atoms with Crippen molar-refractivity contribution >= 4 is 23.5 Å². The second-order valence-corrected chi connectivity index (χ2v) is 5.04. The van der Waals surface area contributed by atoms with Crippen LogP contribution in [0.2, 0.25) is 5.02 Å². The summed E-state index contributed by atoms with van der Waals surface area (Å²) in [5, 5.41) is 11.5. The van der Waals surface area contributed by atoms with Crippen molar-refractivity contribution in [3.05, 3.63) is 29.0 Å². The van der Waals surface area contributed by atoms with E-state index in [0.717, 1.165) is 6.07 Å². The maximum Gasteiger partial charge on any atom is 0.306 e. The third-order valence-corrected chi connectivity index (χ3v) is 3.40. The molecule has 0 bridgehead atoms. The Morgan fingerprint density at radius 2 is 2.15 bits per heavy atom. The van der Waals surface area contributed by atoms with Crippen molar-refractivity contribution in [1.82, 2.24) is 5.32 Å². The summed E-state index contributed by atoms with van der Waals surface area (Å²) < 4.78 is 18.0. The fourth-order valence-electron chi connectivity index (χ4n) is 1.94. The summed E-state index contributed by atoms with van der Waals surface area (Å²) in [4.78, 5) is 22.2. The highest BCUT2D eigenvalue weighted by molar-refractivity contribution is 6.32. The number of aliphatic carboxylic acids is 1. The van der Waals surface area contributed by atoms with Crippen LogP contribution in [-0.4, -0.2) is 29.6 Å². The van der Waals surface area contributed by atoms with Crippen LogP contribution in [0.1, 0.15) is 12.8 Å². The van der Waals surface area contributed by atoms with E-state index in [4.69, 9.17) is 21.4 Å². The number of carboxylic acid groups (broad SMARTS) is 1. The van der Waals surface area contributed by atoms with Gasteiger partial charge in [0.05, 0.1) is 10.9 Å². The normalized spacial score (nSPS) is 20.9. The number of halogens is 2. The lowest BCUT2D eigenvalue weighted by Gasteiger charge is -2.32. The van der Waals surface area contributed by atoms with Gasteiger partial charge < -0.3 is 15.2 Å². The van der Waals surface area contributed by atoms with Crippen molar-refractivity contribution in [3.8, 4) is 5.75 Å². The van der Waals surface area contributed by atoms with Crippen LogP contribution in [0, 0.1) is 11.7 Å². The van der Waals surface area contributed by atoms with Crippen LogP contribution in [0.5, 0.6) is 5.75 Å². The highest BCUT2D eigenvalue weighted by atomic mass is 35.5. The summed E-state index contributed by atoms with van der Waals surface area (Å²) in [6, 6.07) is 3.49. The average Bonchev–Trinajstić information content (AvgIpc) is 2.31. The number of carbonyl (C=O) groups is 2. The van der Waals surface area contributed by atoms with Crippen LogP contribution in [0.15, 0.2) is 18.2 Å². The number of nitrogens with one attached hydrogen (secondary N) is 1. The van der Waals surface area contributed by atoms with Gasteiger partial charge in [0.1, 0.15) is 11.6 Å². The Labute approximate surface area is 119 Å². The minimum absolute atomic E-state index is 0.0902. The molecule has 1 aromatic carbocycles. The first kappa shape index (κ1) is 14.6. The van der Waals surface area contributed by atoms with E-state index in [1.807, 2.05) is 0 Å². The summed E-state index contributed by atoms with van der Waals surface area (Å²) in [7, 11) is 0. The monoisotopic (exact) mass is 301 g/mol. The standard InChI is InChI=1S/C13H13ClFNO4/c14-10-5-8(15)1-2-11(10)20-6-12(17)16-9-3-7(4-9)13(18)19/h1-2,5,7,9H,3-4,6H2,(H,16,17)(H,18,19). The quantitative estimate of drug-likeness (QED) is 0.870. The van der Waals surface area contributed by atoms with E-state index in [0.29, 0.717) is 12.8 Å². The zero-order valence-electron chi connectivity index (χ0n) is 10.4. The molecule has 0 radical (unpaired) electrons. The minimum Gasteiger partial charge on any atom is -0.482 e. The largest absolute Gasteiger partial charge is 0.482 e. The van der Waals surface area contributed by atoms with Crippen molar-refractivity contribution in [2.24, 2.45) is 5.92 Å². The lowest BCUT2D eigenvalue weighted by Crippen LogP contribution is -2.48. The van der Waals surface area contributed by atoms with Gasteiger partial charge in [-0.25, -0.2) is 4.39 Å². The predicted octanol–water partition coefficient (Wildman–Crippen LogP) is 1.84. The second-order valence-electron chi connectivity index (χ2n) is 4.63. The Morgan fingerprint density at radius 1 is 1.45 bits per heavy atom. The summed E-state index contributed by atoms with van der Waals surface area (Å²) in [6.07, 6.45) is 0.858. The van der Waals surface area contributed by atoms with E-state index in [1.165, 1.54) is 12.1 Å². The van der Waals surface area contributed by atoms with E-state index in [2.05, 4.69) is 5.32 Å². The molecular weight excluding hydrogens is 289 g/mol. The molecule has 1 amide bonds. The molecule has 108 valence electrons. The topological polar surface area (TPSA) is 75.6 Å². The van der Waals surface area contributed by atoms with Crippen LogP contribution in [0.3, 0.4) is 0 Å². The number of hydrogen-bond donors (Lipinski definition) is 2. The van der Waals surface area contributed by atoms with Crippen LogP contribution in [0.4, 0.5) is 4.39 Å². The fourth-order valence-corrected chi connectivity index (χ4v) is 2.16. The van der Waals surface area contributed by atoms with Gasteiger partial charge in [-0.05, 0) is 31.0 Å². The number of rotatable bonds is 5. The molecule has 1 aromatic rings. The first-order valence-corrected chi connectivity index (χ1v) is 6.43. The Bertz CT molecular complexity index is 531. The third kappa shape index (κ3) is 3.60. The summed E-state index contributed by atoms with van der Waals surface area (Å²) in [5.74, 6) is -1.85. The van der Waals surface area contributed by atoms with Crippen molar-refractivity contribution in [2.75, 3.05) is 6.61 Å². The smallest absolute Gasteiger partial charge is 0.306 e. The predicted molar refractivity (Wildman–Crippen MR) is 69.2 cm³/mol. The van der Waals surface area contributed by atoms with Crippen LogP contribution >= 0.6 is 11.6 Å². The molecule has 0 heterocycles. The zero-order chi connectivity index (χ0) is 14.7. The van der Waals surface area contributed by atoms with Gasteiger partial charge in [-0.15, -0.1) is 0 Å². The maximum atomic E-state index is 12.8. The molecule has 0 aliphatic heterocycles. The third-order valence-electron chi connectivity index (χ3n) is 3.11. The molecule has 1 fully saturated rings. The molecule has 1 aliphatic rings. The van der Waals surface area contributed by atoms with Crippen LogP contribution < -0.4 is 10.1 Å². The number of benzene rings is 1. The lowest BCUT2D eigenvalue weighted by atomic mass is 9.80. The zero-order valence-corrected chi connectivity index (χ0v) is 11.2. The molecule has 0 aromatic heterocycles. The summed E-state index contributed by atoms with van der Waals surface area (Å²) >= 11 is 5.75. The minimum atomic E-state index is -0.843. The van der Waals surface area contributed by atoms with Crippen molar-refractivity contribution in [3.63, 3.8) is 0 Å². The summed E-state index contributed by atoms with van der Waals surface area (Å²) in [5.41, 5.74) is 0. The van der Waals surface area contributed by atoms with E-state index >= 15 is 0 Å². The first-order chi connectivity index (χ1) is 9.45. The number of ether oxygens (including phenoxy) is 1. The molecular formula is C13H13ClFNO4. The maximum absolute atomic E-state index is 12.8. The second kappa shape index (κ2) is 6.09. The van der Waals surface area contributed by atoms with Crippen molar-refractivity contribution in [1.29, 1.82) is 0 Å². The van der Waals surface area contributed by atoms with Gasteiger partial charge in [0.25, 0.3) is 5.91 Å². The average molecular weight is 302 g/mol. The molecule has 1 aliphatic carbocycles. The molecule has 1 saturated carbocycles. The van der Waals surface area contributed by atoms with Gasteiger partial charge in [-0.2, -0.15) is 0 Å². The van der Waals surface area contributed by atoms with Crippen LogP contribution in [-0.2, 0) is 9.59 Å². The Balaban J connectivity index is 1.74. The number of amides is 1. The molecule has 2 rings (SSSR count). The van der Waals surface area contributed by atoms with Crippen molar-refractivity contribution < 1.29 is 23.8 Å².